The second-order valence-electron chi connectivity index (χ2n) is 18.0. The van der Waals surface area contributed by atoms with Crippen molar-refractivity contribution in [2.75, 3.05) is 45.1 Å². The number of nitrogens with two attached hydrogens (primary N) is 2. The number of hydrogen-bond donors (Lipinski definition) is 8. The number of unbranched alkanes of at least 4 members (excludes halogenated alkanes) is 3. The average Bonchev–Trinajstić information content (AvgIpc) is 3.48. The van der Waals surface area contributed by atoms with Gasteiger partial charge in [-0.1, -0.05) is 72.1 Å². The molecule has 0 saturated carbocycles. The zero-order valence-corrected chi connectivity index (χ0v) is 41.6. The van der Waals surface area contributed by atoms with Crippen LogP contribution in [0.15, 0.2) is 76.6 Å². The largest absolute Gasteiger partial charge is 0.445 e. The number of amidine groups is 1. The fourth-order valence-electron chi connectivity index (χ4n) is 7.85. The molecular weight excluding hydrogens is 895 g/mol. The van der Waals surface area contributed by atoms with E-state index in [2.05, 4.69) is 43.8 Å². The summed E-state index contributed by atoms with van der Waals surface area (Å²) >= 11 is 0. The number of primary amides is 1. The number of aliphatic imine (C=N–C) groups is 1. The number of rotatable bonds is 26. The van der Waals surface area contributed by atoms with Gasteiger partial charge in [0.2, 0.25) is 23.6 Å². The Bertz CT molecular complexity index is 2280. The minimum atomic E-state index is -0.994. The van der Waals surface area contributed by atoms with Crippen molar-refractivity contribution in [3.63, 3.8) is 0 Å². The third kappa shape index (κ3) is 18.4. The molecule has 0 aliphatic carbocycles. The Hall–Kier alpha value is -7.18. The van der Waals surface area contributed by atoms with Crippen molar-refractivity contribution in [1.82, 2.24) is 36.4 Å². The molecule has 0 saturated heterocycles. The number of urea groups is 1. The smallest absolute Gasteiger partial charge is 0.407 e. The van der Waals surface area contributed by atoms with Gasteiger partial charge in [0.05, 0.1) is 12.2 Å². The number of anilines is 1. The van der Waals surface area contributed by atoms with Gasteiger partial charge in [-0.25, -0.2) is 14.6 Å². The van der Waals surface area contributed by atoms with Gasteiger partial charge in [0.25, 0.3) is 5.91 Å². The van der Waals surface area contributed by atoms with Crippen LogP contribution in [0.2, 0.25) is 0 Å². The molecule has 8 amide bonds. The number of likely N-dealkylation sites (N-methyl/N-ethyl adjacent to an activating group) is 1. The highest BCUT2D eigenvalue weighted by atomic mass is 16.5. The molecule has 2 atom stereocenters. The van der Waals surface area contributed by atoms with Gasteiger partial charge in [0, 0.05) is 80.4 Å². The van der Waals surface area contributed by atoms with Crippen LogP contribution in [0.1, 0.15) is 120 Å². The number of fused-ring (bicyclic) bond motifs is 1. The van der Waals surface area contributed by atoms with Gasteiger partial charge in [0.15, 0.2) is 0 Å². The van der Waals surface area contributed by atoms with E-state index in [1.165, 1.54) is 0 Å². The average molecular weight is 968 g/mol. The second-order valence-corrected chi connectivity index (χ2v) is 18.0. The van der Waals surface area contributed by atoms with Gasteiger partial charge in [-0.3, -0.25) is 24.0 Å². The third-order valence-corrected chi connectivity index (χ3v) is 11.4. The molecule has 4 rings (SSSR count). The topological polar surface area (TPSA) is 272 Å². The van der Waals surface area contributed by atoms with Crippen LogP contribution < -0.4 is 43.4 Å². The molecule has 0 radical (unpaired) electrons. The molecule has 2 unspecified atom stereocenters. The lowest BCUT2D eigenvalue weighted by molar-refractivity contribution is -0.132. The highest BCUT2D eigenvalue weighted by Crippen LogP contribution is 2.29. The minimum absolute atomic E-state index is 0.0668. The molecule has 0 spiro atoms. The molecule has 0 bridgehead atoms. The van der Waals surface area contributed by atoms with Crippen LogP contribution in [-0.4, -0.2) is 109 Å². The Balaban J connectivity index is 1.30. The van der Waals surface area contributed by atoms with E-state index in [9.17, 15) is 33.6 Å². The van der Waals surface area contributed by atoms with E-state index in [4.69, 9.17) is 16.2 Å². The first-order valence-corrected chi connectivity index (χ1v) is 24.3. The summed E-state index contributed by atoms with van der Waals surface area (Å²) in [4.78, 5) is 98.8. The van der Waals surface area contributed by atoms with Crippen LogP contribution >= 0.6 is 0 Å². The van der Waals surface area contributed by atoms with Gasteiger partial charge in [-0.2, -0.15) is 0 Å². The van der Waals surface area contributed by atoms with Crippen molar-refractivity contribution in [2.24, 2.45) is 22.4 Å². The molecular formula is C51H73N11O8. The van der Waals surface area contributed by atoms with Crippen molar-refractivity contribution in [1.29, 1.82) is 0 Å². The van der Waals surface area contributed by atoms with E-state index >= 15 is 0 Å². The molecule has 10 N–H and O–H groups in total. The monoisotopic (exact) mass is 968 g/mol. The van der Waals surface area contributed by atoms with Crippen LogP contribution in [-0.2, 0) is 30.5 Å². The predicted octanol–water partition coefficient (Wildman–Crippen LogP) is 5.46. The molecule has 2 heterocycles. The number of carbonyl (C=O) groups excluding carboxylic acids is 7. The molecule has 380 valence electrons. The molecule has 70 heavy (non-hydrogen) atoms. The number of amides is 8. The van der Waals surface area contributed by atoms with Crippen LogP contribution in [0.4, 0.5) is 21.0 Å². The van der Waals surface area contributed by atoms with E-state index in [-0.39, 0.29) is 62.0 Å². The first-order chi connectivity index (χ1) is 33.5. The standard InChI is InChI=1S/C51H73N11O8/c1-7-10-11-12-15-44(63)60-45(33(4)5)48(66)59-41(14-13-22-54-50(53)68)47(65)56-39-20-16-34(17-21-39)32-70-51(69)55-29-35-25-40(31-61(6)30-35)57-46(64)37-19-18-36-26-38(28-43(52)58-42(36)27-37)49(67)62(23-8-2)24-9-3/h16-21,25-27,30,33,41,45H,7-15,22-24,28-29,31-32H2,1-6H3,(H2,52,58)(H,55,69)(H,56,65)(H,57,64)(H,59,66)(H,60,63)(H3,53,54,68). The number of nitrogens with one attached hydrogen (secondary N) is 6. The highest BCUT2D eigenvalue weighted by Gasteiger charge is 2.29. The Kier molecular flexibility index (Phi) is 22.4. The molecule has 2 aliphatic heterocycles. The quantitative estimate of drug-likeness (QED) is 0.0552. The predicted molar refractivity (Wildman–Crippen MR) is 271 cm³/mol. The summed E-state index contributed by atoms with van der Waals surface area (Å²) in [5, 5.41) is 16.6. The summed E-state index contributed by atoms with van der Waals surface area (Å²) < 4.78 is 5.46. The fourth-order valence-corrected chi connectivity index (χ4v) is 7.85. The fraction of sp³-hybridized carbons (Fsp3) is 0.490. The lowest BCUT2D eigenvalue weighted by Crippen LogP contribution is -2.54. The van der Waals surface area contributed by atoms with Crippen LogP contribution in [0, 0.1) is 5.92 Å². The van der Waals surface area contributed by atoms with E-state index in [1.54, 1.807) is 54.6 Å². The third-order valence-electron chi connectivity index (χ3n) is 11.4. The summed E-state index contributed by atoms with van der Waals surface area (Å²) in [7, 11) is 1.85. The van der Waals surface area contributed by atoms with Crippen molar-refractivity contribution in [3.05, 3.63) is 88.3 Å². The Morgan fingerprint density at radius 2 is 1.57 bits per heavy atom. The number of hydrogen-bond acceptors (Lipinski definition) is 11. The summed E-state index contributed by atoms with van der Waals surface area (Å²) in [5.41, 5.74) is 16.0. The summed E-state index contributed by atoms with van der Waals surface area (Å²) in [5.74, 6) is -1.61. The van der Waals surface area contributed by atoms with E-state index < -0.39 is 36.0 Å². The summed E-state index contributed by atoms with van der Waals surface area (Å²) in [6.45, 7) is 11.7. The molecule has 0 aromatic heterocycles. The summed E-state index contributed by atoms with van der Waals surface area (Å²) in [6.07, 6.45) is 11.2. The van der Waals surface area contributed by atoms with Crippen molar-refractivity contribution < 1.29 is 38.3 Å². The van der Waals surface area contributed by atoms with E-state index in [1.807, 2.05) is 50.7 Å². The van der Waals surface area contributed by atoms with Gasteiger partial charge in [-0.15, -0.1) is 0 Å². The minimum Gasteiger partial charge on any atom is -0.445 e. The van der Waals surface area contributed by atoms with Crippen LogP contribution in [0.5, 0.6) is 0 Å². The maximum absolute atomic E-state index is 13.5. The first kappa shape index (κ1) is 55.4. The Morgan fingerprint density at radius 3 is 2.24 bits per heavy atom. The van der Waals surface area contributed by atoms with Crippen LogP contribution in [0.3, 0.4) is 0 Å². The van der Waals surface area contributed by atoms with Crippen LogP contribution in [0.25, 0.3) is 6.08 Å². The molecule has 2 aromatic rings. The zero-order chi connectivity index (χ0) is 51.2. The number of benzene rings is 2. The van der Waals surface area contributed by atoms with Gasteiger partial charge >= 0.3 is 12.1 Å². The maximum Gasteiger partial charge on any atom is 0.407 e. The maximum atomic E-state index is 13.5. The van der Waals surface area contributed by atoms with E-state index in [0.717, 1.165) is 38.5 Å². The van der Waals surface area contributed by atoms with Crippen molar-refractivity contribution in [2.45, 2.75) is 118 Å². The first-order valence-electron chi connectivity index (χ1n) is 24.3. The molecule has 0 fully saturated rings. The molecule has 19 nitrogen and oxygen atoms in total. The molecule has 2 aromatic carbocycles. The molecule has 2 aliphatic rings. The highest BCUT2D eigenvalue weighted by molar-refractivity contribution is 6.06. The normalized spacial score (nSPS) is 14.0. The second kappa shape index (κ2) is 28.3. The van der Waals surface area contributed by atoms with Gasteiger partial charge < -0.3 is 57.9 Å². The zero-order valence-electron chi connectivity index (χ0n) is 41.6. The van der Waals surface area contributed by atoms with Crippen molar-refractivity contribution in [3.8, 4) is 0 Å². The van der Waals surface area contributed by atoms with Crippen molar-refractivity contribution >= 4 is 64.9 Å². The Morgan fingerprint density at radius 1 is 0.843 bits per heavy atom. The Labute approximate surface area is 411 Å². The SMILES string of the molecule is CCCCCCC(=O)NC(C(=O)NC(CCCNC(N)=O)C(=O)Nc1ccc(COC(=O)NCC2=CN(C)CC(NC(=O)c3ccc4c(c3)N=C(N)CC(C(=O)N(CCC)CCC)=C4)=C2)cc1)C(C)C. The number of ether oxygens (including phenoxy) is 1. The van der Waals surface area contributed by atoms with E-state index in [0.29, 0.717) is 77.4 Å². The molecule has 19 heteroatoms. The van der Waals surface area contributed by atoms with Gasteiger partial charge in [-0.05, 0) is 85.6 Å². The lowest BCUT2D eigenvalue weighted by Gasteiger charge is -2.25. The number of nitrogens with zero attached hydrogens (tertiary/aromatic N) is 3. The lowest BCUT2D eigenvalue weighted by atomic mass is 10.0. The summed E-state index contributed by atoms with van der Waals surface area (Å²) in [6, 6.07) is 9.19. The number of carbonyl (C=O) groups is 7. The van der Waals surface area contributed by atoms with Gasteiger partial charge in [0.1, 0.15) is 24.5 Å². The number of alkyl carbamates (subject to hydrolysis) is 1.